The van der Waals surface area contributed by atoms with Gasteiger partial charge in [-0.3, -0.25) is 0 Å². The third kappa shape index (κ3) is 2.99. The molecule has 0 aliphatic carbocycles. The Morgan fingerprint density at radius 3 is 2.14 bits per heavy atom. The monoisotopic (exact) mass is 326 g/mol. The van der Waals surface area contributed by atoms with Crippen molar-refractivity contribution in [1.82, 2.24) is 0 Å². The molecule has 2 fully saturated rings. The molecule has 2 rings (SSSR count). The number of ether oxygens (including phenoxy) is 2. The molecule has 2 aliphatic heterocycles. The summed E-state index contributed by atoms with van der Waals surface area (Å²) in [4.78, 5) is 0. The van der Waals surface area contributed by atoms with Crippen LogP contribution in [0.3, 0.4) is 0 Å². The van der Waals surface area contributed by atoms with E-state index >= 15 is 0 Å². The van der Waals surface area contributed by atoms with Crippen LogP contribution in [0.4, 0.5) is 0 Å². The van der Waals surface area contributed by atoms with Gasteiger partial charge in [0.15, 0.2) is 6.29 Å². The van der Waals surface area contributed by atoms with Crippen molar-refractivity contribution in [1.29, 1.82) is 0 Å². The van der Waals surface area contributed by atoms with Crippen molar-refractivity contribution in [3.8, 4) is 0 Å². The topological polar surface area (TPSA) is 180 Å². The molecule has 8 N–H and O–H groups in total. The van der Waals surface area contributed by atoms with Crippen LogP contribution in [0.2, 0.25) is 0 Å². The lowest BCUT2D eigenvalue weighted by Crippen LogP contribution is -2.68. The normalized spacial score (nSPS) is 53.5. The van der Waals surface area contributed by atoms with Gasteiger partial charge in [-0.2, -0.15) is 0 Å². The summed E-state index contributed by atoms with van der Waals surface area (Å²) in [5, 5.41) is 77.8. The van der Waals surface area contributed by atoms with Gasteiger partial charge >= 0.3 is 0 Å². The minimum absolute atomic E-state index is 0.312. The summed E-state index contributed by atoms with van der Waals surface area (Å²) >= 11 is 0. The molecule has 0 unspecified atom stereocenters. The maximum atomic E-state index is 10.4. The van der Waals surface area contributed by atoms with Crippen LogP contribution in [-0.4, -0.2) is 109 Å². The average molecular weight is 326 g/mol. The Hall–Kier alpha value is -0.400. The summed E-state index contributed by atoms with van der Waals surface area (Å²) < 4.78 is 9.95. The van der Waals surface area contributed by atoms with Crippen LogP contribution in [0.5, 0.6) is 0 Å². The van der Waals surface area contributed by atoms with Crippen molar-refractivity contribution in [3.63, 3.8) is 0 Å². The summed E-state index contributed by atoms with van der Waals surface area (Å²) in [7, 11) is 0. The largest absolute Gasteiger partial charge is 0.394 e. The van der Waals surface area contributed by atoms with Crippen molar-refractivity contribution < 1.29 is 50.3 Å². The van der Waals surface area contributed by atoms with E-state index in [0.29, 0.717) is 0 Å². The molecule has 2 heterocycles. The van der Waals surface area contributed by atoms with Crippen LogP contribution in [0.15, 0.2) is 0 Å². The highest BCUT2D eigenvalue weighted by Crippen LogP contribution is 2.35. The van der Waals surface area contributed by atoms with Gasteiger partial charge in [0.05, 0.1) is 19.3 Å². The minimum Gasteiger partial charge on any atom is -0.394 e. The van der Waals surface area contributed by atoms with Crippen LogP contribution >= 0.6 is 0 Å². The third-order valence-corrected chi connectivity index (χ3v) is 4.26. The minimum atomic E-state index is -2.39. The molecular weight excluding hydrogens is 304 g/mol. The van der Waals surface area contributed by atoms with Crippen LogP contribution in [0, 0.1) is 0 Å². The first-order valence-electron chi connectivity index (χ1n) is 6.91. The lowest BCUT2D eigenvalue weighted by molar-refractivity contribution is -0.339. The van der Waals surface area contributed by atoms with Gasteiger partial charge in [-0.25, -0.2) is 0 Å². The number of hydrogen-bond acceptors (Lipinski definition) is 10. The van der Waals surface area contributed by atoms with Gasteiger partial charge in [-0.15, -0.1) is 0 Å². The second-order valence-corrected chi connectivity index (χ2v) is 5.76. The van der Waals surface area contributed by atoms with E-state index < -0.39 is 67.6 Å². The highest BCUT2D eigenvalue weighted by Gasteiger charge is 2.56. The third-order valence-electron chi connectivity index (χ3n) is 4.26. The summed E-state index contributed by atoms with van der Waals surface area (Å²) in [6.07, 6.45) is -13.0. The number of rotatable bonds is 3. The SMILES string of the molecule is OC[C@H]1O[C@H](O)[C@@](O)(C[C@H]2OC[C@@H](O)[C@@H](O)[C@@H]2O)[C@@H](O)[C@@H]1O. The first-order valence-corrected chi connectivity index (χ1v) is 6.91. The Bertz CT molecular complexity index is 381. The predicted molar refractivity (Wildman–Crippen MR) is 67.3 cm³/mol. The van der Waals surface area contributed by atoms with Gasteiger partial charge in [0.1, 0.15) is 42.2 Å². The van der Waals surface area contributed by atoms with E-state index in [2.05, 4.69) is 0 Å². The molecule has 0 saturated carbocycles. The fourth-order valence-electron chi connectivity index (χ4n) is 2.75. The summed E-state index contributed by atoms with van der Waals surface area (Å²) in [6.45, 7) is -0.993. The van der Waals surface area contributed by atoms with Gasteiger partial charge in [0, 0.05) is 6.42 Å². The van der Waals surface area contributed by atoms with Crippen molar-refractivity contribution in [2.45, 2.75) is 61.0 Å². The molecule has 2 saturated heterocycles. The lowest BCUT2D eigenvalue weighted by atomic mass is 9.80. The average Bonchev–Trinajstić information content (AvgIpc) is 2.50. The Morgan fingerprint density at radius 2 is 1.55 bits per heavy atom. The van der Waals surface area contributed by atoms with Crippen molar-refractivity contribution in [2.75, 3.05) is 13.2 Å². The molecule has 22 heavy (non-hydrogen) atoms. The number of hydrogen-bond donors (Lipinski definition) is 8. The number of aliphatic hydroxyl groups is 8. The molecule has 10 heteroatoms. The number of aliphatic hydroxyl groups excluding tert-OH is 7. The van der Waals surface area contributed by atoms with E-state index in [1.54, 1.807) is 0 Å². The fourth-order valence-corrected chi connectivity index (χ4v) is 2.75. The van der Waals surface area contributed by atoms with Gasteiger partial charge in [0.2, 0.25) is 0 Å². The Morgan fingerprint density at radius 1 is 0.909 bits per heavy atom. The summed E-state index contributed by atoms with van der Waals surface area (Å²) in [5.41, 5.74) is -2.39. The first kappa shape index (κ1) is 17.9. The lowest BCUT2D eigenvalue weighted by Gasteiger charge is -2.48. The summed E-state index contributed by atoms with van der Waals surface area (Å²) in [5.74, 6) is 0. The zero-order valence-electron chi connectivity index (χ0n) is 11.6. The zero-order chi connectivity index (χ0) is 16.7. The quantitative estimate of drug-likeness (QED) is 0.250. The Balaban J connectivity index is 2.13. The maximum Gasteiger partial charge on any atom is 0.187 e. The molecule has 0 aromatic heterocycles. The second-order valence-electron chi connectivity index (χ2n) is 5.76. The van der Waals surface area contributed by atoms with Crippen molar-refractivity contribution in [2.24, 2.45) is 0 Å². The van der Waals surface area contributed by atoms with E-state index in [1.165, 1.54) is 0 Å². The van der Waals surface area contributed by atoms with Crippen LogP contribution in [-0.2, 0) is 9.47 Å². The van der Waals surface area contributed by atoms with Crippen LogP contribution < -0.4 is 0 Å². The van der Waals surface area contributed by atoms with Gasteiger partial charge in [-0.05, 0) is 0 Å². The Labute approximate surface area is 125 Å². The molecule has 0 amide bonds. The molecule has 0 bridgehead atoms. The van der Waals surface area contributed by atoms with Crippen molar-refractivity contribution in [3.05, 3.63) is 0 Å². The van der Waals surface area contributed by atoms with E-state index in [4.69, 9.17) is 14.6 Å². The summed E-state index contributed by atoms with van der Waals surface area (Å²) in [6, 6.07) is 0. The molecule has 0 spiro atoms. The fraction of sp³-hybridized carbons (Fsp3) is 1.00. The van der Waals surface area contributed by atoms with E-state index in [0.717, 1.165) is 0 Å². The molecule has 2 aliphatic rings. The molecule has 0 radical (unpaired) electrons. The predicted octanol–water partition coefficient (Wildman–Crippen LogP) is -4.98. The molecular formula is C12H22O10. The second kappa shape index (κ2) is 6.61. The standard InChI is InChI=1S/C12H22O10/c13-2-6-9(17)10(18)12(20,11(19)22-6)1-5-8(16)7(15)4(14)3-21-5/h4-11,13-20H,1-3H2/t4-,5-,6-,7-,8-,9-,10+,11+,12-/m1/s1. The molecule has 0 aromatic carbocycles. The Kier molecular flexibility index (Phi) is 5.39. The van der Waals surface area contributed by atoms with E-state index in [1.807, 2.05) is 0 Å². The molecule has 130 valence electrons. The molecule has 10 nitrogen and oxygen atoms in total. The van der Waals surface area contributed by atoms with Gasteiger partial charge < -0.3 is 50.3 Å². The van der Waals surface area contributed by atoms with Gasteiger partial charge in [-0.1, -0.05) is 0 Å². The smallest absolute Gasteiger partial charge is 0.187 e. The molecule has 9 atom stereocenters. The van der Waals surface area contributed by atoms with E-state index in [-0.39, 0.29) is 6.61 Å². The highest BCUT2D eigenvalue weighted by molar-refractivity contribution is 5.03. The van der Waals surface area contributed by atoms with Crippen LogP contribution in [0.1, 0.15) is 6.42 Å². The van der Waals surface area contributed by atoms with E-state index in [9.17, 15) is 35.7 Å². The maximum absolute atomic E-state index is 10.4. The zero-order valence-corrected chi connectivity index (χ0v) is 11.6. The van der Waals surface area contributed by atoms with Gasteiger partial charge in [0.25, 0.3) is 0 Å². The van der Waals surface area contributed by atoms with Crippen LogP contribution in [0.25, 0.3) is 0 Å². The first-order chi connectivity index (χ1) is 10.2. The van der Waals surface area contributed by atoms with Crippen molar-refractivity contribution >= 4 is 0 Å². The molecule has 0 aromatic rings. The highest BCUT2D eigenvalue weighted by atomic mass is 16.6.